The predicted molar refractivity (Wildman–Crippen MR) is 131 cm³/mol. The van der Waals surface area contributed by atoms with Crippen molar-refractivity contribution in [2.45, 2.75) is 65.2 Å². The molecule has 35 heavy (non-hydrogen) atoms. The molecule has 0 unspecified atom stereocenters. The second kappa shape index (κ2) is 12.9. The molecule has 0 aromatic heterocycles. The zero-order chi connectivity index (χ0) is 26.8. The van der Waals surface area contributed by atoms with Gasteiger partial charge in [0, 0.05) is 25.2 Å². The van der Waals surface area contributed by atoms with Gasteiger partial charge in [-0.2, -0.15) is 0 Å². The van der Waals surface area contributed by atoms with Gasteiger partial charge in [-0.25, -0.2) is 14.4 Å². The Morgan fingerprint density at radius 2 is 1.49 bits per heavy atom. The molecule has 0 aliphatic carbocycles. The average Bonchev–Trinajstić information content (AvgIpc) is 2.73. The van der Waals surface area contributed by atoms with E-state index in [1.807, 2.05) is 0 Å². The van der Waals surface area contributed by atoms with Gasteiger partial charge in [0.1, 0.15) is 23.8 Å². The second-order valence-corrected chi connectivity index (χ2v) is 9.78. The fourth-order valence-corrected chi connectivity index (χ4v) is 2.92. The fourth-order valence-electron chi connectivity index (χ4n) is 2.92. The summed E-state index contributed by atoms with van der Waals surface area (Å²) in [6.45, 7) is 10.5. The summed E-state index contributed by atoms with van der Waals surface area (Å²) >= 11 is 0. The molecule has 1 aromatic rings. The Kier molecular flexibility index (Phi) is 11.0. The highest BCUT2D eigenvalue weighted by atomic mass is 16.6. The Hall–Kier alpha value is -3.34. The van der Waals surface area contributed by atoms with E-state index < -0.39 is 35.4 Å². The highest BCUT2D eigenvalue weighted by Crippen LogP contribution is 2.17. The minimum Gasteiger partial charge on any atom is -0.467 e. The Bertz CT molecular complexity index is 873. The van der Waals surface area contributed by atoms with E-state index in [1.54, 1.807) is 65.8 Å². The summed E-state index contributed by atoms with van der Waals surface area (Å²) < 4.78 is 15.2. The van der Waals surface area contributed by atoms with Gasteiger partial charge in [0.05, 0.1) is 7.11 Å². The SMILES string of the molecule is COC(=O)[C@H](Cc1ccc(N(CCN)C(=O)CNC(=O)OC(C)(C)C)cc1)NC(=O)OC(C)(C)C. The summed E-state index contributed by atoms with van der Waals surface area (Å²) in [5.41, 5.74) is 5.55. The molecule has 1 aromatic carbocycles. The van der Waals surface area contributed by atoms with Crippen LogP contribution in [0.15, 0.2) is 24.3 Å². The number of carbonyl (C=O) groups is 4. The first-order valence-corrected chi connectivity index (χ1v) is 11.3. The van der Waals surface area contributed by atoms with Gasteiger partial charge in [0.2, 0.25) is 5.91 Å². The molecule has 196 valence electrons. The van der Waals surface area contributed by atoms with Crippen LogP contribution in [0.25, 0.3) is 0 Å². The fraction of sp³-hybridized carbons (Fsp3) is 0.583. The Morgan fingerprint density at radius 3 is 1.97 bits per heavy atom. The number of anilines is 1. The van der Waals surface area contributed by atoms with Crippen LogP contribution in [0, 0.1) is 0 Å². The van der Waals surface area contributed by atoms with Crippen molar-refractivity contribution in [1.29, 1.82) is 0 Å². The lowest BCUT2D eigenvalue weighted by atomic mass is 10.1. The lowest BCUT2D eigenvalue weighted by molar-refractivity contribution is -0.143. The van der Waals surface area contributed by atoms with Crippen LogP contribution >= 0.6 is 0 Å². The lowest BCUT2D eigenvalue weighted by Crippen LogP contribution is -2.45. The summed E-state index contributed by atoms with van der Waals surface area (Å²) in [6, 6.07) is 5.87. The average molecular weight is 495 g/mol. The first kappa shape index (κ1) is 29.7. The van der Waals surface area contributed by atoms with Gasteiger partial charge < -0.3 is 35.5 Å². The molecule has 11 heteroatoms. The molecule has 0 aliphatic rings. The molecule has 3 amide bonds. The van der Waals surface area contributed by atoms with Gasteiger partial charge in [-0.05, 0) is 59.2 Å². The number of hydrogen-bond acceptors (Lipinski definition) is 8. The Morgan fingerprint density at radius 1 is 0.943 bits per heavy atom. The largest absolute Gasteiger partial charge is 0.467 e. The number of amides is 3. The van der Waals surface area contributed by atoms with Gasteiger partial charge in [0.15, 0.2) is 0 Å². The van der Waals surface area contributed by atoms with E-state index in [4.69, 9.17) is 19.9 Å². The third kappa shape index (κ3) is 11.6. The first-order valence-electron chi connectivity index (χ1n) is 11.3. The van der Waals surface area contributed by atoms with Gasteiger partial charge in [0.25, 0.3) is 0 Å². The summed E-state index contributed by atoms with van der Waals surface area (Å²) in [6.07, 6.45) is -1.28. The number of carbonyl (C=O) groups excluding carboxylic acids is 4. The van der Waals surface area contributed by atoms with E-state index in [0.29, 0.717) is 11.3 Å². The van der Waals surface area contributed by atoms with Gasteiger partial charge in [-0.3, -0.25) is 4.79 Å². The zero-order valence-corrected chi connectivity index (χ0v) is 21.6. The minimum absolute atomic E-state index is 0.150. The summed E-state index contributed by atoms with van der Waals surface area (Å²) in [7, 11) is 1.23. The van der Waals surface area contributed by atoms with Gasteiger partial charge in [-0.1, -0.05) is 12.1 Å². The highest BCUT2D eigenvalue weighted by Gasteiger charge is 2.26. The van der Waals surface area contributed by atoms with Crippen molar-refractivity contribution in [3.8, 4) is 0 Å². The molecular formula is C24H38N4O7. The Balaban J connectivity index is 2.89. The predicted octanol–water partition coefficient (Wildman–Crippen LogP) is 2.11. The molecule has 0 saturated heterocycles. The topological polar surface area (TPSA) is 149 Å². The van der Waals surface area contributed by atoms with Crippen molar-refractivity contribution in [3.05, 3.63) is 29.8 Å². The van der Waals surface area contributed by atoms with E-state index in [1.165, 1.54) is 12.0 Å². The van der Waals surface area contributed by atoms with Crippen LogP contribution in [0.4, 0.5) is 15.3 Å². The summed E-state index contributed by atoms with van der Waals surface area (Å²) in [5, 5.41) is 4.96. The molecular weight excluding hydrogens is 456 g/mol. The van der Waals surface area contributed by atoms with Crippen molar-refractivity contribution in [3.63, 3.8) is 0 Å². The molecule has 11 nitrogen and oxygen atoms in total. The van der Waals surface area contributed by atoms with E-state index >= 15 is 0 Å². The number of hydrogen-bond donors (Lipinski definition) is 3. The molecule has 0 fully saturated rings. The molecule has 4 N–H and O–H groups in total. The molecule has 1 rings (SSSR count). The van der Waals surface area contributed by atoms with Gasteiger partial charge in [-0.15, -0.1) is 0 Å². The zero-order valence-electron chi connectivity index (χ0n) is 21.6. The van der Waals surface area contributed by atoms with Crippen LogP contribution in [0.1, 0.15) is 47.1 Å². The van der Waals surface area contributed by atoms with Crippen molar-refractivity contribution in [2.75, 3.05) is 31.6 Å². The van der Waals surface area contributed by atoms with Crippen molar-refractivity contribution in [2.24, 2.45) is 5.73 Å². The number of nitrogens with one attached hydrogen (secondary N) is 2. The first-order chi connectivity index (χ1) is 16.1. The quantitative estimate of drug-likeness (QED) is 0.349. The number of rotatable bonds is 9. The van der Waals surface area contributed by atoms with Crippen LogP contribution in [0.5, 0.6) is 0 Å². The van der Waals surface area contributed by atoms with Crippen LogP contribution in [0.3, 0.4) is 0 Å². The third-order valence-corrected chi connectivity index (χ3v) is 4.30. The van der Waals surface area contributed by atoms with Gasteiger partial charge >= 0.3 is 18.2 Å². The maximum Gasteiger partial charge on any atom is 0.408 e. The van der Waals surface area contributed by atoms with Crippen molar-refractivity contribution in [1.82, 2.24) is 10.6 Å². The highest BCUT2D eigenvalue weighted by molar-refractivity contribution is 5.96. The lowest BCUT2D eigenvalue weighted by Gasteiger charge is -2.24. The monoisotopic (exact) mass is 494 g/mol. The second-order valence-electron chi connectivity index (χ2n) is 9.78. The maximum absolute atomic E-state index is 12.7. The number of methoxy groups -OCH3 is 1. The molecule has 0 radical (unpaired) electrons. The maximum atomic E-state index is 12.7. The number of esters is 1. The molecule has 0 spiro atoms. The number of ether oxygens (including phenoxy) is 3. The summed E-state index contributed by atoms with van der Waals surface area (Å²) in [4.78, 5) is 50.3. The van der Waals surface area contributed by atoms with Crippen LogP contribution < -0.4 is 21.3 Å². The van der Waals surface area contributed by atoms with Crippen molar-refractivity contribution >= 4 is 29.8 Å². The van der Waals surface area contributed by atoms with Crippen molar-refractivity contribution < 1.29 is 33.4 Å². The minimum atomic E-state index is -0.958. The molecule has 0 aliphatic heterocycles. The van der Waals surface area contributed by atoms with E-state index in [-0.39, 0.29) is 32.0 Å². The Labute approximate surface area is 206 Å². The molecule has 0 saturated carbocycles. The van der Waals surface area contributed by atoms with Crippen LogP contribution in [0.2, 0.25) is 0 Å². The number of benzene rings is 1. The third-order valence-electron chi connectivity index (χ3n) is 4.30. The van der Waals surface area contributed by atoms with E-state index in [9.17, 15) is 19.2 Å². The number of nitrogens with zero attached hydrogens (tertiary/aromatic N) is 1. The van der Waals surface area contributed by atoms with E-state index in [0.717, 1.165) is 0 Å². The molecule has 0 bridgehead atoms. The van der Waals surface area contributed by atoms with Crippen LogP contribution in [-0.4, -0.2) is 68.1 Å². The molecule has 0 heterocycles. The van der Waals surface area contributed by atoms with E-state index in [2.05, 4.69) is 10.6 Å². The summed E-state index contributed by atoms with van der Waals surface area (Å²) in [5.74, 6) is -0.985. The molecule has 1 atom stereocenters. The number of nitrogens with two attached hydrogens (primary N) is 1. The normalized spacial score (nSPS) is 12.2. The number of alkyl carbamates (subject to hydrolysis) is 2. The smallest absolute Gasteiger partial charge is 0.408 e. The standard InChI is InChI=1S/C24H38N4O7/c1-23(2,3)34-21(31)26-15-19(29)28(13-12-25)17-10-8-16(9-11-17)14-18(20(30)33-7)27-22(32)35-24(4,5)6/h8-11,18H,12-15,25H2,1-7H3,(H,26,31)(H,27,32)/t18-/m0/s1. The van der Waals surface area contributed by atoms with Crippen LogP contribution in [-0.2, 0) is 30.2 Å².